The highest BCUT2D eigenvalue weighted by molar-refractivity contribution is 6.74. The molecule has 6 heteroatoms. The van der Waals surface area contributed by atoms with E-state index in [-0.39, 0.29) is 28.4 Å². The predicted molar refractivity (Wildman–Crippen MR) is 134 cm³/mol. The molecule has 2 unspecified atom stereocenters. The first-order valence-corrected chi connectivity index (χ1v) is 17.5. The van der Waals surface area contributed by atoms with Crippen molar-refractivity contribution in [3.8, 4) is 0 Å². The molecule has 1 saturated carbocycles. The van der Waals surface area contributed by atoms with Crippen LogP contribution in [0.25, 0.3) is 0 Å². The topological polar surface area (TPSA) is 47.9 Å². The van der Waals surface area contributed by atoms with Gasteiger partial charge in [-0.15, -0.1) is 0 Å². The molecule has 0 heterocycles. The van der Waals surface area contributed by atoms with Crippen LogP contribution < -0.4 is 0 Å². The molecule has 1 aliphatic rings. The van der Waals surface area contributed by atoms with Crippen LogP contribution in [-0.4, -0.2) is 46.2 Å². The van der Waals surface area contributed by atoms with Gasteiger partial charge in [-0.1, -0.05) is 71.9 Å². The Labute approximate surface area is 193 Å². The minimum absolute atomic E-state index is 0.00754. The normalized spacial score (nSPS) is 26.2. The van der Waals surface area contributed by atoms with Gasteiger partial charge in [-0.05, 0) is 41.8 Å². The van der Waals surface area contributed by atoms with Crippen LogP contribution in [0.3, 0.4) is 0 Å². The summed E-state index contributed by atoms with van der Waals surface area (Å²) in [6.07, 6.45) is 0.277. The van der Waals surface area contributed by atoms with Crippen molar-refractivity contribution < 1.29 is 18.7 Å². The zero-order valence-corrected chi connectivity index (χ0v) is 23.5. The first kappa shape index (κ1) is 26.7. The van der Waals surface area contributed by atoms with E-state index >= 15 is 0 Å². The molecule has 0 aliphatic heterocycles. The number of rotatable bonds is 7. The van der Waals surface area contributed by atoms with Gasteiger partial charge in [0.15, 0.2) is 16.6 Å². The van der Waals surface area contributed by atoms with E-state index in [1.54, 1.807) is 0 Å². The molecule has 178 valence electrons. The molecule has 4 nitrogen and oxygen atoms in total. The molecule has 0 aromatic heterocycles. The molecular formula is C25H46O4Si2. The molecule has 0 spiro atoms. The van der Waals surface area contributed by atoms with Crippen molar-refractivity contribution in [2.45, 2.75) is 122 Å². The Hall–Kier alpha value is -0.506. The summed E-state index contributed by atoms with van der Waals surface area (Å²) in [7, 11) is -4.07. The summed E-state index contributed by atoms with van der Waals surface area (Å²) in [5.41, 5.74) is 1.16. The van der Waals surface area contributed by atoms with Gasteiger partial charge in [-0.3, -0.25) is 0 Å². The summed E-state index contributed by atoms with van der Waals surface area (Å²) < 4.78 is 19.8. The van der Waals surface area contributed by atoms with Crippen LogP contribution in [0.4, 0.5) is 0 Å². The zero-order chi connectivity index (χ0) is 23.7. The Morgan fingerprint density at radius 2 is 1.23 bits per heavy atom. The molecular weight excluding hydrogens is 420 g/mol. The fraction of sp³-hybridized carbons (Fsp3) is 0.760. The molecule has 1 fully saturated rings. The lowest BCUT2D eigenvalue weighted by Gasteiger charge is -2.48. The fourth-order valence-corrected chi connectivity index (χ4v) is 6.10. The van der Waals surface area contributed by atoms with Crippen molar-refractivity contribution in [2.75, 3.05) is 0 Å². The summed E-state index contributed by atoms with van der Waals surface area (Å²) in [6.45, 7) is 23.0. The second-order valence-electron chi connectivity index (χ2n) is 12.2. The standard InChI is InChI=1S/C25H46O4Si2/c1-24(2,3)30(7,8)28-21-16-20(27-18-19-14-12-11-13-15-19)17-22(23(21)26)29-31(9,10)25(4,5)6/h11-15,20-23,26H,16-18H2,1-10H3/t20?,21-,22+,23?. The molecule has 0 saturated heterocycles. The first-order chi connectivity index (χ1) is 14.0. The number of ether oxygens (including phenoxy) is 1. The summed E-state index contributed by atoms with van der Waals surface area (Å²) in [6, 6.07) is 10.3. The van der Waals surface area contributed by atoms with Crippen LogP contribution in [0.5, 0.6) is 0 Å². The van der Waals surface area contributed by atoms with Gasteiger partial charge in [-0.2, -0.15) is 0 Å². The average molecular weight is 467 g/mol. The van der Waals surface area contributed by atoms with E-state index in [0.29, 0.717) is 19.4 Å². The van der Waals surface area contributed by atoms with E-state index < -0.39 is 22.7 Å². The highest BCUT2D eigenvalue weighted by Crippen LogP contribution is 2.42. The van der Waals surface area contributed by atoms with Crippen molar-refractivity contribution in [3.63, 3.8) is 0 Å². The minimum atomic E-state index is -2.04. The number of aliphatic hydroxyl groups excluding tert-OH is 1. The Morgan fingerprint density at radius 1 is 0.806 bits per heavy atom. The molecule has 2 rings (SSSR count). The Morgan fingerprint density at radius 3 is 1.61 bits per heavy atom. The molecule has 1 N–H and O–H groups in total. The third-order valence-electron chi connectivity index (χ3n) is 7.59. The van der Waals surface area contributed by atoms with Gasteiger partial charge in [0.2, 0.25) is 0 Å². The van der Waals surface area contributed by atoms with E-state index in [2.05, 4.69) is 79.9 Å². The number of benzene rings is 1. The minimum Gasteiger partial charge on any atom is -0.411 e. The molecule has 0 radical (unpaired) electrons. The Kier molecular flexibility index (Phi) is 8.43. The highest BCUT2D eigenvalue weighted by atomic mass is 28.4. The third kappa shape index (κ3) is 6.99. The maximum Gasteiger partial charge on any atom is 0.192 e. The smallest absolute Gasteiger partial charge is 0.192 e. The number of aliphatic hydroxyl groups is 1. The maximum absolute atomic E-state index is 11.3. The van der Waals surface area contributed by atoms with Gasteiger partial charge in [0.25, 0.3) is 0 Å². The lowest BCUT2D eigenvalue weighted by molar-refractivity contribution is -0.124. The van der Waals surface area contributed by atoms with Crippen molar-refractivity contribution >= 4 is 16.6 Å². The van der Waals surface area contributed by atoms with Crippen molar-refractivity contribution in [1.29, 1.82) is 0 Å². The van der Waals surface area contributed by atoms with E-state index in [1.807, 2.05) is 18.2 Å². The van der Waals surface area contributed by atoms with Crippen molar-refractivity contribution in [1.82, 2.24) is 0 Å². The van der Waals surface area contributed by atoms with Crippen LogP contribution in [-0.2, 0) is 20.2 Å². The van der Waals surface area contributed by atoms with E-state index in [0.717, 1.165) is 5.56 Å². The molecule has 0 amide bonds. The summed E-state index contributed by atoms with van der Waals surface area (Å²) in [4.78, 5) is 0. The predicted octanol–water partition coefficient (Wildman–Crippen LogP) is 6.51. The molecule has 4 atom stereocenters. The lowest BCUT2D eigenvalue weighted by Crippen LogP contribution is -2.57. The van der Waals surface area contributed by atoms with Gasteiger partial charge < -0.3 is 18.7 Å². The van der Waals surface area contributed by atoms with Gasteiger partial charge in [0, 0.05) is 12.8 Å². The van der Waals surface area contributed by atoms with Gasteiger partial charge in [0.05, 0.1) is 24.9 Å². The first-order valence-electron chi connectivity index (χ1n) is 11.7. The number of hydrogen-bond donors (Lipinski definition) is 1. The second-order valence-corrected chi connectivity index (χ2v) is 21.7. The molecule has 0 bridgehead atoms. The largest absolute Gasteiger partial charge is 0.411 e. The summed E-state index contributed by atoms with van der Waals surface area (Å²) in [5.74, 6) is 0. The zero-order valence-electron chi connectivity index (χ0n) is 21.5. The monoisotopic (exact) mass is 466 g/mol. The van der Waals surface area contributed by atoms with Crippen molar-refractivity contribution in [3.05, 3.63) is 35.9 Å². The van der Waals surface area contributed by atoms with E-state index in [1.165, 1.54) is 0 Å². The van der Waals surface area contributed by atoms with Crippen LogP contribution in [0.2, 0.25) is 36.3 Å². The quantitative estimate of drug-likeness (QED) is 0.465. The number of hydrogen-bond acceptors (Lipinski definition) is 4. The molecule has 1 aromatic rings. The van der Waals surface area contributed by atoms with Crippen LogP contribution in [0, 0.1) is 0 Å². The lowest BCUT2D eigenvalue weighted by atomic mass is 9.90. The van der Waals surface area contributed by atoms with Crippen LogP contribution in [0.15, 0.2) is 30.3 Å². The average Bonchev–Trinajstić information content (AvgIpc) is 2.62. The maximum atomic E-state index is 11.3. The van der Waals surface area contributed by atoms with Crippen LogP contribution >= 0.6 is 0 Å². The van der Waals surface area contributed by atoms with E-state index in [4.69, 9.17) is 13.6 Å². The van der Waals surface area contributed by atoms with Gasteiger partial charge in [0.1, 0.15) is 6.10 Å². The highest BCUT2D eigenvalue weighted by Gasteiger charge is 2.48. The van der Waals surface area contributed by atoms with E-state index in [9.17, 15) is 5.11 Å². The summed E-state index contributed by atoms with van der Waals surface area (Å²) in [5, 5.41) is 11.5. The van der Waals surface area contributed by atoms with Crippen LogP contribution in [0.1, 0.15) is 59.9 Å². The summed E-state index contributed by atoms with van der Waals surface area (Å²) >= 11 is 0. The molecule has 1 aliphatic carbocycles. The third-order valence-corrected chi connectivity index (χ3v) is 16.6. The molecule has 31 heavy (non-hydrogen) atoms. The second kappa shape index (κ2) is 9.78. The SMILES string of the molecule is CC(C)(C)[Si](C)(C)O[C@H]1CC(OCc2ccccc2)C[C@@H](O[Si](C)(C)C(C)(C)C)C1O. The Bertz CT molecular complexity index is 654. The van der Waals surface area contributed by atoms with Gasteiger partial charge in [-0.25, -0.2) is 0 Å². The fourth-order valence-electron chi connectivity index (χ4n) is 3.40. The molecule has 1 aromatic carbocycles. The van der Waals surface area contributed by atoms with Crippen molar-refractivity contribution in [2.24, 2.45) is 0 Å². The Balaban J connectivity index is 2.21. The van der Waals surface area contributed by atoms with Gasteiger partial charge >= 0.3 is 0 Å².